The molecule has 9 nitrogen and oxygen atoms in total. The van der Waals surface area contributed by atoms with Crippen LogP contribution in [0.4, 0.5) is 23.3 Å². The summed E-state index contributed by atoms with van der Waals surface area (Å²) >= 11 is 1.56. The Bertz CT molecular complexity index is 1240. The van der Waals surface area contributed by atoms with E-state index in [1.165, 1.54) is 0 Å². The van der Waals surface area contributed by atoms with Crippen molar-refractivity contribution in [1.29, 1.82) is 0 Å². The Labute approximate surface area is 183 Å². The van der Waals surface area contributed by atoms with Gasteiger partial charge in [0, 0.05) is 6.20 Å². The highest BCUT2D eigenvalue weighted by Crippen LogP contribution is 2.33. The summed E-state index contributed by atoms with van der Waals surface area (Å²) in [4.78, 5) is 14.8. The second-order valence-electron chi connectivity index (χ2n) is 8.11. The normalized spacial score (nSPS) is 14.6. The maximum Gasteiger partial charge on any atom is 0.230 e. The molecule has 0 unspecified atom stereocenters. The van der Waals surface area contributed by atoms with Crippen LogP contribution in [0, 0.1) is 6.92 Å². The molecule has 5 rings (SSSR count). The van der Waals surface area contributed by atoms with Gasteiger partial charge in [-0.1, -0.05) is 6.07 Å². The molecule has 0 atom stereocenters. The maximum atomic E-state index is 10.3. The Morgan fingerprint density at radius 1 is 1.19 bits per heavy atom. The largest absolute Gasteiger partial charge is 0.384 e. The second-order valence-corrected chi connectivity index (χ2v) is 8.97. The fourth-order valence-electron chi connectivity index (χ4n) is 3.30. The van der Waals surface area contributed by atoms with Crippen molar-refractivity contribution in [2.24, 2.45) is 0 Å². The molecule has 4 aromatic heterocycles. The number of nitrogens with zero attached hydrogens (tertiary/aromatic N) is 5. The summed E-state index contributed by atoms with van der Waals surface area (Å²) in [5.41, 5.74) is 1.45. The van der Waals surface area contributed by atoms with Crippen molar-refractivity contribution in [3.05, 3.63) is 47.2 Å². The molecule has 0 spiro atoms. The van der Waals surface area contributed by atoms with Crippen molar-refractivity contribution in [3.63, 3.8) is 0 Å². The zero-order valence-electron chi connectivity index (χ0n) is 17.5. The predicted octanol–water partition coefficient (Wildman–Crippen LogP) is 3.88. The van der Waals surface area contributed by atoms with Crippen LogP contribution < -0.4 is 10.6 Å². The highest BCUT2D eigenvalue weighted by molar-refractivity contribution is 7.17. The summed E-state index contributed by atoms with van der Waals surface area (Å²) < 4.78 is 7.13. The number of thiophene rings is 1. The zero-order valence-corrected chi connectivity index (χ0v) is 18.3. The van der Waals surface area contributed by atoms with E-state index in [2.05, 4.69) is 31.1 Å². The highest BCUT2D eigenvalue weighted by Gasteiger charge is 2.22. The average Bonchev–Trinajstić information content (AvgIpc) is 3.27. The first-order valence-corrected chi connectivity index (χ1v) is 10.9. The second kappa shape index (κ2) is 7.56. The quantitative estimate of drug-likeness (QED) is 0.417. The highest BCUT2D eigenvalue weighted by atomic mass is 32.1. The molecule has 0 aliphatic carbocycles. The first-order chi connectivity index (χ1) is 14.9. The van der Waals surface area contributed by atoms with E-state index in [0.717, 1.165) is 21.5 Å². The monoisotopic (exact) mass is 437 g/mol. The summed E-state index contributed by atoms with van der Waals surface area (Å²) in [6.07, 6.45) is 3.69. The number of ether oxygens (including phenoxy) is 1. The summed E-state index contributed by atoms with van der Waals surface area (Å²) in [5.74, 6) is 1.74. The van der Waals surface area contributed by atoms with Crippen LogP contribution in [0.5, 0.6) is 0 Å². The minimum absolute atomic E-state index is 0.283. The lowest BCUT2D eigenvalue weighted by Crippen LogP contribution is -2.30. The number of hydrogen-bond donors (Lipinski definition) is 3. The number of pyridine rings is 1. The van der Waals surface area contributed by atoms with E-state index in [4.69, 9.17) is 9.72 Å². The van der Waals surface area contributed by atoms with Crippen LogP contribution >= 0.6 is 11.3 Å². The van der Waals surface area contributed by atoms with Gasteiger partial charge in [-0.2, -0.15) is 10.1 Å². The predicted molar refractivity (Wildman–Crippen MR) is 120 cm³/mol. The summed E-state index contributed by atoms with van der Waals surface area (Å²) in [6, 6.07) is 5.79. The minimum Gasteiger partial charge on any atom is -0.384 e. The lowest BCUT2D eigenvalue weighted by atomic mass is 10.1. The van der Waals surface area contributed by atoms with Crippen LogP contribution in [-0.2, 0) is 10.3 Å². The van der Waals surface area contributed by atoms with E-state index in [-0.39, 0.29) is 6.04 Å². The third-order valence-corrected chi connectivity index (χ3v) is 6.08. The number of fused-ring (bicyclic) bond motifs is 1. The first-order valence-electron chi connectivity index (χ1n) is 9.98. The lowest BCUT2D eigenvalue weighted by molar-refractivity contribution is -0.0286. The van der Waals surface area contributed by atoms with Crippen molar-refractivity contribution in [2.45, 2.75) is 32.4 Å². The molecule has 1 fully saturated rings. The fraction of sp³-hybridized carbons (Fsp3) is 0.333. The molecule has 31 heavy (non-hydrogen) atoms. The van der Waals surface area contributed by atoms with E-state index in [0.29, 0.717) is 36.5 Å². The van der Waals surface area contributed by atoms with Gasteiger partial charge in [-0.25, -0.2) is 9.97 Å². The van der Waals surface area contributed by atoms with Crippen LogP contribution in [0.25, 0.3) is 10.2 Å². The molecule has 5 heterocycles. The number of hydrogen-bond acceptors (Lipinski definition) is 9. The molecule has 0 aromatic carbocycles. The summed E-state index contributed by atoms with van der Waals surface area (Å²) in [5, 5.41) is 24.3. The van der Waals surface area contributed by atoms with E-state index in [1.54, 1.807) is 37.4 Å². The zero-order chi connectivity index (χ0) is 21.6. The van der Waals surface area contributed by atoms with Gasteiger partial charge in [0.05, 0.1) is 42.2 Å². The molecule has 0 amide bonds. The fourth-order valence-corrected chi connectivity index (χ4v) is 4.23. The van der Waals surface area contributed by atoms with Crippen LogP contribution in [0.3, 0.4) is 0 Å². The van der Waals surface area contributed by atoms with Crippen LogP contribution in [0.1, 0.15) is 31.1 Å². The molecule has 4 aromatic rings. The van der Waals surface area contributed by atoms with Gasteiger partial charge in [0.15, 0.2) is 0 Å². The van der Waals surface area contributed by atoms with E-state index < -0.39 is 5.60 Å². The number of anilines is 4. The van der Waals surface area contributed by atoms with E-state index in [1.807, 2.05) is 29.9 Å². The SMILES string of the molecule is Cc1csc2nc(Nc3cnn(C4COC4)c3)nc(Nc3cccc(C(C)(C)O)n3)c12. The number of aryl methyl sites for hydroxylation is 1. The smallest absolute Gasteiger partial charge is 0.230 e. The van der Waals surface area contributed by atoms with Crippen molar-refractivity contribution < 1.29 is 9.84 Å². The molecule has 3 N–H and O–H groups in total. The molecule has 1 aliphatic rings. The van der Waals surface area contributed by atoms with Crippen molar-refractivity contribution in [2.75, 3.05) is 23.8 Å². The lowest BCUT2D eigenvalue weighted by Gasteiger charge is -2.25. The third kappa shape index (κ3) is 3.97. The Morgan fingerprint density at radius 3 is 2.77 bits per heavy atom. The van der Waals surface area contributed by atoms with Gasteiger partial charge in [-0.15, -0.1) is 11.3 Å². The van der Waals surface area contributed by atoms with E-state index in [9.17, 15) is 5.11 Å². The number of rotatable bonds is 6. The van der Waals surface area contributed by atoms with Gasteiger partial charge in [0.1, 0.15) is 22.1 Å². The standard InChI is InChI=1S/C21H23N7O2S/c1-12-11-31-19-17(12)18(25-16-6-4-5-15(24-16)21(2,3)29)26-20(27-19)23-13-7-22-28(8-13)14-9-30-10-14/h4-8,11,14,29H,9-10H2,1-3H3,(H2,23,24,25,26,27). The number of aliphatic hydroxyl groups is 1. The van der Waals surface area contributed by atoms with Crippen molar-refractivity contribution in [3.8, 4) is 0 Å². The Kier molecular flexibility index (Phi) is 4.84. The van der Waals surface area contributed by atoms with Gasteiger partial charge in [0.25, 0.3) is 0 Å². The van der Waals surface area contributed by atoms with Gasteiger partial charge in [-0.05, 0) is 43.8 Å². The van der Waals surface area contributed by atoms with Crippen molar-refractivity contribution in [1.82, 2.24) is 24.7 Å². The Morgan fingerprint density at radius 2 is 2.03 bits per heavy atom. The van der Waals surface area contributed by atoms with Crippen LogP contribution in [-0.4, -0.2) is 43.1 Å². The van der Waals surface area contributed by atoms with Crippen LogP contribution in [0.15, 0.2) is 36.0 Å². The molecule has 1 aliphatic heterocycles. The molecule has 160 valence electrons. The molecule has 0 bridgehead atoms. The average molecular weight is 438 g/mol. The molecule has 10 heteroatoms. The number of aromatic nitrogens is 5. The molecular formula is C21H23N7O2S. The maximum absolute atomic E-state index is 10.3. The van der Waals surface area contributed by atoms with Crippen LogP contribution in [0.2, 0.25) is 0 Å². The minimum atomic E-state index is -1.03. The molecule has 0 radical (unpaired) electrons. The topological polar surface area (TPSA) is 110 Å². The summed E-state index contributed by atoms with van der Waals surface area (Å²) in [6.45, 7) is 6.82. The molecule has 0 saturated carbocycles. The van der Waals surface area contributed by atoms with Gasteiger partial charge in [-0.3, -0.25) is 4.68 Å². The third-order valence-electron chi connectivity index (χ3n) is 5.09. The van der Waals surface area contributed by atoms with Gasteiger partial charge >= 0.3 is 0 Å². The van der Waals surface area contributed by atoms with Gasteiger partial charge < -0.3 is 20.5 Å². The van der Waals surface area contributed by atoms with Gasteiger partial charge in [0.2, 0.25) is 5.95 Å². The summed E-state index contributed by atoms with van der Waals surface area (Å²) in [7, 11) is 0. The first kappa shape index (κ1) is 19.9. The number of nitrogens with one attached hydrogen (secondary N) is 2. The van der Waals surface area contributed by atoms with E-state index >= 15 is 0 Å². The Balaban J connectivity index is 1.47. The molecular weight excluding hydrogens is 414 g/mol. The van der Waals surface area contributed by atoms with Crippen molar-refractivity contribution >= 4 is 44.8 Å². The molecule has 1 saturated heterocycles. The Hall–Kier alpha value is -3.08.